The Labute approximate surface area is 246 Å². The normalized spacial score (nSPS) is 19.1. The first-order chi connectivity index (χ1) is 19.8. The largest absolute Gasteiger partial charge is 0.489 e. The molecule has 1 heterocycles. The number of anilines is 2. The first kappa shape index (κ1) is 27.0. The fourth-order valence-corrected chi connectivity index (χ4v) is 6.97. The van der Waals surface area contributed by atoms with Crippen LogP contribution in [0, 0.1) is 16.0 Å². The van der Waals surface area contributed by atoms with Gasteiger partial charge in [0, 0.05) is 33.9 Å². The van der Waals surface area contributed by atoms with E-state index in [9.17, 15) is 18.5 Å². The van der Waals surface area contributed by atoms with E-state index in [0.29, 0.717) is 18.0 Å². The van der Waals surface area contributed by atoms with Crippen molar-refractivity contribution in [3.8, 4) is 5.75 Å². The smallest absolute Gasteiger partial charge is 0.269 e. The zero-order valence-corrected chi connectivity index (χ0v) is 24.1. The Morgan fingerprint density at radius 3 is 2.51 bits per heavy atom. The highest BCUT2D eigenvalue weighted by Crippen LogP contribution is 2.50. The number of benzene rings is 4. The summed E-state index contributed by atoms with van der Waals surface area (Å²) in [5.41, 5.74) is 4.40. The Hall–Kier alpha value is -4.15. The molecule has 41 heavy (non-hydrogen) atoms. The van der Waals surface area contributed by atoms with Crippen LogP contribution in [-0.4, -0.2) is 13.3 Å². The van der Waals surface area contributed by atoms with Gasteiger partial charge < -0.3 is 10.1 Å². The number of hydrogen-bond donors (Lipinski definition) is 2. The topological polar surface area (TPSA) is 111 Å². The number of allylic oxidation sites excluding steroid dienone is 2. The predicted octanol–water partition coefficient (Wildman–Crippen LogP) is 7.56. The molecule has 1 aliphatic carbocycles. The Morgan fingerprint density at radius 2 is 1.78 bits per heavy atom. The second-order valence-electron chi connectivity index (χ2n) is 10.1. The highest BCUT2D eigenvalue weighted by Gasteiger charge is 2.38. The van der Waals surface area contributed by atoms with Gasteiger partial charge >= 0.3 is 0 Å². The lowest BCUT2D eigenvalue weighted by Crippen LogP contribution is -2.29. The van der Waals surface area contributed by atoms with Crippen molar-refractivity contribution in [2.24, 2.45) is 5.92 Å². The van der Waals surface area contributed by atoms with E-state index < -0.39 is 14.9 Å². The van der Waals surface area contributed by atoms with E-state index in [0.717, 1.165) is 33.3 Å². The summed E-state index contributed by atoms with van der Waals surface area (Å²) in [7, 11) is -3.76. The van der Waals surface area contributed by atoms with Crippen molar-refractivity contribution in [1.29, 1.82) is 0 Å². The van der Waals surface area contributed by atoms with E-state index in [1.807, 2.05) is 36.4 Å². The fourth-order valence-electron chi connectivity index (χ4n) is 5.49. The lowest BCUT2D eigenvalue weighted by Gasteiger charge is -2.37. The molecule has 10 heteroatoms. The molecule has 2 N–H and O–H groups in total. The SMILES string of the molecule is O=[N+]([O-])c1ccc(COc2ccc([C@H]3Nc4ccc(S(=O)(=O)Nc5cccc(Br)c5)cc4[C@H]4C=CC[C@H]43)cc2)cc1. The van der Waals surface area contributed by atoms with Gasteiger partial charge in [-0.25, -0.2) is 8.42 Å². The third-order valence-corrected chi connectivity index (χ3v) is 9.39. The average molecular weight is 633 g/mol. The Morgan fingerprint density at radius 1 is 1.00 bits per heavy atom. The maximum atomic E-state index is 13.2. The number of nitro benzene ring substituents is 1. The molecular weight excluding hydrogens is 606 g/mol. The molecule has 4 aromatic rings. The van der Waals surface area contributed by atoms with Crippen molar-refractivity contribution < 1.29 is 18.1 Å². The molecule has 6 rings (SSSR count). The molecule has 0 bridgehead atoms. The lowest BCUT2D eigenvalue weighted by atomic mass is 9.77. The predicted molar refractivity (Wildman–Crippen MR) is 162 cm³/mol. The van der Waals surface area contributed by atoms with Gasteiger partial charge in [-0.3, -0.25) is 14.8 Å². The van der Waals surface area contributed by atoms with Crippen molar-refractivity contribution >= 4 is 43.0 Å². The maximum absolute atomic E-state index is 13.2. The third kappa shape index (κ3) is 5.71. The van der Waals surface area contributed by atoms with Gasteiger partial charge in [0.2, 0.25) is 0 Å². The van der Waals surface area contributed by atoms with Crippen LogP contribution in [-0.2, 0) is 16.6 Å². The molecule has 0 spiro atoms. The molecule has 8 nitrogen and oxygen atoms in total. The van der Waals surface area contributed by atoms with Crippen molar-refractivity contribution in [2.75, 3.05) is 10.0 Å². The molecule has 0 aromatic heterocycles. The first-order valence-electron chi connectivity index (χ1n) is 13.1. The van der Waals surface area contributed by atoms with E-state index in [4.69, 9.17) is 4.74 Å². The van der Waals surface area contributed by atoms with Crippen LogP contribution in [0.3, 0.4) is 0 Å². The molecule has 3 atom stereocenters. The number of nitrogens with one attached hydrogen (secondary N) is 2. The van der Waals surface area contributed by atoms with E-state index in [1.54, 1.807) is 42.5 Å². The number of non-ortho nitro benzene ring substituents is 1. The second kappa shape index (κ2) is 11.0. The molecule has 0 saturated heterocycles. The van der Waals surface area contributed by atoms with Crippen LogP contribution in [0.4, 0.5) is 17.1 Å². The summed E-state index contributed by atoms with van der Waals surface area (Å²) < 4.78 is 35.8. The molecule has 208 valence electrons. The molecule has 0 fully saturated rings. The first-order valence-corrected chi connectivity index (χ1v) is 15.4. The minimum absolute atomic E-state index is 0.0495. The molecule has 0 unspecified atom stereocenters. The van der Waals surface area contributed by atoms with Gasteiger partial charge in [-0.1, -0.05) is 46.3 Å². The number of nitro groups is 1. The standard InChI is InChI=1S/C31H26BrN3O5S/c32-22-3-1-4-23(17-22)34-41(38,39)26-15-16-30-29(18-26)27-5-2-6-28(27)31(33-30)21-9-13-25(14-10-21)40-19-20-7-11-24(12-8-20)35(36)37/h1-5,7-18,27-28,31,33-34H,6,19H2/t27-,28+,31+/m0/s1. The van der Waals surface area contributed by atoms with Crippen molar-refractivity contribution in [2.45, 2.75) is 29.9 Å². The maximum Gasteiger partial charge on any atom is 0.269 e. The van der Waals surface area contributed by atoms with Crippen LogP contribution in [0.2, 0.25) is 0 Å². The summed E-state index contributed by atoms with van der Waals surface area (Å²) in [4.78, 5) is 10.7. The fraction of sp³-hybridized carbons (Fsp3) is 0.161. The number of sulfonamides is 1. The molecule has 0 saturated carbocycles. The van der Waals surface area contributed by atoms with Gasteiger partial charge in [0.15, 0.2) is 0 Å². The monoisotopic (exact) mass is 631 g/mol. The Balaban J connectivity index is 1.18. The number of fused-ring (bicyclic) bond motifs is 3. The molecule has 0 amide bonds. The number of rotatable bonds is 8. The molecular formula is C31H26BrN3O5S. The van der Waals surface area contributed by atoms with E-state index in [2.05, 4.69) is 38.1 Å². The van der Waals surface area contributed by atoms with Gasteiger partial charge in [-0.05, 0) is 89.7 Å². The van der Waals surface area contributed by atoms with Crippen LogP contribution in [0.25, 0.3) is 0 Å². The summed E-state index contributed by atoms with van der Waals surface area (Å²) in [5, 5.41) is 14.5. The van der Waals surface area contributed by atoms with Crippen molar-refractivity contribution in [1.82, 2.24) is 0 Å². The summed E-state index contributed by atoms with van der Waals surface area (Å²) >= 11 is 3.38. The quantitative estimate of drug-likeness (QED) is 0.118. The third-order valence-electron chi connectivity index (χ3n) is 7.51. The summed E-state index contributed by atoms with van der Waals surface area (Å²) in [6.45, 7) is 0.308. The van der Waals surface area contributed by atoms with Gasteiger partial charge in [-0.15, -0.1) is 0 Å². The highest BCUT2D eigenvalue weighted by atomic mass is 79.9. The number of ether oxygens (including phenoxy) is 1. The molecule has 4 aromatic carbocycles. The number of halogens is 1. The summed E-state index contributed by atoms with van der Waals surface area (Å²) in [5.74, 6) is 1.04. The molecule has 1 aliphatic heterocycles. The summed E-state index contributed by atoms with van der Waals surface area (Å²) in [6, 6.07) is 26.7. The van der Waals surface area contributed by atoms with Gasteiger partial charge in [0.1, 0.15) is 12.4 Å². The Bertz CT molecular complexity index is 1740. The Kier molecular flexibility index (Phi) is 7.27. The molecule has 0 radical (unpaired) electrons. The zero-order chi connectivity index (χ0) is 28.6. The molecule has 2 aliphatic rings. The highest BCUT2D eigenvalue weighted by molar-refractivity contribution is 9.10. The van der Waals surface area contributed by atoms with Crippen molar-refractivity contribution in [3.05, 3.63) is 134 Å². The lowest BCUT2D eigenvalue weighted by molar-refractivity contribution is -0.384. The average Bonchev–Trinajstić information content (AvgIpc) is 3.46. The van der Waals surface area contributed by atoms with Gasteiger partial charge in [0.25, 0.3) is 15.7 Å². The number of nitrogens with zero attached hydrogens (tertiary/aromatic N) is 1. The number of hydrogen-bond acceptors (Lipinski definition) is 6. The van der Waals surface area contributed by atoms with Crippen molar-refractivity contribution in [3.63, 3.8) is 0 Å². The second-order valence-corrected chi connectivity index (χ2v) is 12.7. The van der Waals surface area contributed by atoms with E-state index in [1.165, 1.54) is 12.1 Å². The zero-order valence-electron chi connectivity index (χ0n) is 21.7. The minimum Gasteiger partial charge on any atom is -0.489 e. The summed E-state index contributed by atoms with van der Waals surface area (Å²) in [6.07, 6.45) is 5.23. The van der Waals surface area contributed by atoms with E-state index >= 15 is 0 Å². The van der Waals surface area contributed by atoms with Crippen LogP contribution in [0.15, 0.2) is 113 Å². The van der Waals surface area contributed by atoms with Gasteiger partial charge in [-0.2, -0.15) is 0 Å². The van der Waals surface area contributed by atoms with Crippen LogP contribution in [0.5, 0.6) is 5.75 Å². The van der Waals surface area contributed by atoms with Gasteiger partial charge in [0.05, 0.1) is 15.9 Å². The minimum atomic E-state index is -3.76. The van der Waals surface area contributed by atoms with Crippen LogP contribution in [0.1, 0.15) is 35.1 Å². The van der Waals surface area contributed by atoms with Crippen LogP contribution < -0.4 is 14.8 Å². The van der Waals surface area contributed by atoms with E-state index in [-0.39, 0.29) is 28.5 Å². The van der Waals surface area contributed by atoms with Crippen LogP contribution >= 0.6 is 15.9 Å².